The van der Waals surface area contributed by atoms with Crippen molar-refractivity contribution < 1.29 is 4.79 Å². The number of piperazine rings is 1. The van der Waals surface area contributed by atoms with Gasteiger partial charge in [0.25, 0.3) is 0 Å². The van der Waals surface area contributed by atoms with Crippen molar-refractivity contribution in [1.29, 1.82) is 0 Å². The first-order valence-electron chi connectivity index (χ1n) is 8.32. The van der Waals surface area contributed by atoms with Crippen molar-refractivity contribution in [3.8, 4) is 0 Å². The molecule has 0 radical (unpaired) electrons. The van der Waals surface area contributed by atoms with E-state index in [0.29, 0.717) is 0 Å². The van der Waals surface area contributed by atoms with Gasteiger partial charge in [0.15, 0.2) is 0 Å². The molecule has 1 aromatic rings. The minimum atomic E-state index is -0.00823. The first-order chi connectivity index (χ1) is 10.8. The van der Waals surface area contributed by atoms with E-state index >= 15 is 0 Å². The standard InChI is InChI=1S/C19H29N3O.ClH/c1-15-7-6-8-17(16(15)2)21-11-13-22(14-12-21)18(23)20-10-9-19(3,4)5;/h6-10H,11-14H2,1-5H3,(H,20,23);1H/b10-9+;. The fraction of sp³-hybridized carbons (Fsp3) is 0.526. The van der Waals surface area contributed by atoms with E-state index in [1.807, 2.05) is 11.0 Å². The van der Waals surface area contributed by atoms with E-state index in [-0.39, 0.29) is 23.9 Å². The summed E-state index contributed by atoms with van der Waals surface area (Å²) in [7, 11) is 0. The summed E-state index contributed by atoms with van der Waals surface area (Å²) in [6.07, 6.45) is 3.77. The molecule has 0 unspecified atom stereocenters. The maximum atomic E-state index is 12.2. The molecule has 5 heteroatoms. The van der Waals surface area contributed by atoms with Gasteiger partial charge in [-0.15, -0.1) is 12.4 Å². The number of hydrogen-bond donors (Lipinski definition) is 1. The molecule has 1 aromatic carbocycles. The van der Waals surface area contributed by atoms with Crippen molar-refractivity contribution in [2.24, 2.45) is 5.41 Å². The number of carbonyl (C=O) groups is 1. The molecule has 0 aliphatic carbocycles. The van der Waals surface area contributed by atoms with Crippen LogP contribution in [0.1, 0.15) is 31.9 Å². The zero-order chi connectivity index (χ0) is 17.0. The minimum Gasteiger partial charge on any atom is -0.368 e. The largest absolute Gasteiger partial charge is 0.368 e. The van der Waals surface area contributed by atoms with Crippen LogP contribution in [-0.2, 0) is 0 Å². The smallest absolute Gasteiger partial charge is 0.321 e. The van der Waals surface area contributed by atoms with E-state index < -0.39 is 0 Å². The third-order valence-corrected chi connectivity index (χ3v) is 4.27. The molecule has 24 heavy (non-hydrogen) atoms. The van der Waals surface area contributed by atoms with Crippen LogP contribution in [0.25, 0.3) is 0 Å². The Morgan fingerprint density at radius 2 is 1.75 bits per heavy atom. The minimum absolute atomic E-state index is 0. The highest BCUT2D eigenvalue weighted by Gasteiger charge is 2.21. The van der Waals surface area contributed by atoms with E-state index in [9.17, 15) is 4.79 Å². The molecule has 0 bridgehead atoms. The van der Waals surface area contributed by atoms with Gasteiger partial charge in [-0.05, 0) is 36.5 Å². The Hall–Kier alpha value is -1.68. The molecule has 0 aromatic heterocycles. The topological polar surface area (TPSA) is 35.6 Å². The Kier molecular flexibility index (Phi) is 7.15. The highest BCUT2D eigenvalue weighted by molar-refractivity contribution is 5.85. The normalized spacial score (nSPS) is 15.4. The van der Waals surface area contributed by atoms with Crippen molar-refractivity contribution in [3.05, 3.63) is 41.6 Å². The van der Waals surface area contributed by atoms with Crippen LogP contribution in [0.15, 0.2) is 30.5 Å². The monoisotopic (exact) mass is 351 g/mol. The number of allylic oxidation sites excluding steroid dienone is 1. The Bertz CT molecular complexity index is 585. The quantitative estimate of drug-likeness (QED) is 0.870. The van der Waals surface area contributed by atoms with Gasteiger partial charge in [-0.25, -0.2) is 4.79 Å². The van der Waals surface area contributed by atoms with Crippen LogP contribution in [0.3, 0.4) is 0 Å². The number of amides is 2. The average Bonchev–Trinajstić information content (AvgIpc) is 2.49. The fourth-order valence-electron chi connectivity index (χ4n) is 2.68. The number of anilines is 1. The summed E-state index contributed by atoms with van der Waals surface area (Å²) in [5, 5.41) is 2.87. The second kappa shape index (κ2) is 8.43. The molecule has 0 atom stereocenters. The second-order valence-corrected chi connectivity index (χ2v) is 7.34. The van der Waals surface area contributed by atoms with Gasteiger partial charge in [0.2, 0.25) is 0 Å². The lowest BCUT2D eigenvalue weighted by atomic mass is 9.97. The summed E-state index contributed by atoms with van der Waals surface area (Å²) in [5.41, 5.74) is 4.01. The average molecular weight is 352 g/mol. The first kappa shape index (κ1) is 20.4. The number of nitrogens with zero attached hydrogens (tertiary/aromatic N) is 2. The Morgan fingerprint density at radius 3 is 2.33 bits per heavy atom. The molecule has 1 aliphatic rings. The van der Waals surface area contributed by atoms with Crippen molar-refractivity contribution >= 4 is 24.1 Å². The van der Waals surface area contributed by atoms with Crippen LogP contribution in [0.4, 0.5) is 10.5 Å². The van der Waals surface area contributed by atoms with Gasteiger partial charge >= 0.3 is 6.03 Å². The predicted octanol–water partition coefficient (Wildman–Crippen LogP) is 4.12. The highest BCUT2D eigenvalue weighted by Crippen LogP contribution is 2.23. The third-order valence-electron chi connectivity index (χ3n) is 4.27. The number of carbonyl (C=O) groups excluding carboxylic acids is 1. The molecule has 4 nitrogen and oxygen atoms in total. The molecule has 1 heterocycles. The maximum absolute atomic E-state index is 12.2. The zero-order valence-electron chi connectivity index (χ0n) is 15.4. The van der Waals surface area contributed by atoms with Crippen LogP contribution in [0.2, 0.25) is 0 Å². The van der Waals surface area contributed by atoms with Crippen LogP contribution >= 0.6 is 12.4 Å². The molecule has 0 spiro atoms. The summed E-state index contributed by atoms with van der Waals surface area (Å²) < 4.78 is 0. The Morgan fingerprint density at radius 1 is 1.12 bits per heavy atom. The van der Waals surface area contributed by atoms with Crippen LogP contribution in [0, 0.1) is 19.3 Å². The molecular formula is C19H30ClN3O. The van der Waals surface area contributed by atoms with E-state index in [2.05, 4.69) is 63.0 Å². The maximum Gasteiger partial charge on any atom is 0.321 e. The van der Waals surface area contributed by atoms with E-state index in [1.54, 1.807) is 6.20 Å². The number of aryl methyl sites for hydroxylation is 1. The Labute approximate surface area is 152 Å². The van der Waals surface area contributed by atoms with Crippen molar-refractivity contribution in [1.82, 2.24) is 10.2 Å². The van der Waals surface area contributed by atoms with E-state index in [0.717, 1.165) is 26.2 Å². The summed E-state index contributed by atoms with van der Waals surface area (Å²) >= 11 is 0. The summed E-state index contributed by atoms with van der Waals surface area (Å²) in [6.45, 7) is 13.9. The van der Waals surface area contributed by atoms with Gasteiger partial charge in [-0.2, -0.15) is 0 Å². The van der Waals surface area contributed by atoms with Gasteiger partial charge < -0.3 is 15.1 Å². The first-order valence-corrected chi connectivity index (χ1v) is 8.32. The number of rotatable bonds is 2. The SMILES string of the molecule is Cc1cccc(N2CCN(C(=O)N/C=C/C(C)(C)C)CC2)c1C.Cl. The molecule has 1 saturated heterocycles. The molecule has 1 fully saturated rings. The van der Waals surface area contributed by atoms with Gasteiger partial charge in [-0.3, -0.25) is 0 Å². The summed E-state index contributed by atoms with van der Waals surface area (Å²) in [6, 6.07) is 6.41. The molecule has 0 saturated carbocycles. The van der Waals surface area contributed by atoms with Crippen molar-refractivity contribution in [2.45, 2.75) is 34.6 Å². The number of nitrogens with one attached hydrogen (secondary N) is 1. The van der Waals surface area contributed by atoms with Crippen LogP contribution < -0.4 is 10.2 Å². The molecule has 2 rings (SSSR count). The van der Waals surface area contributed by atoms with Gasteiger partial charge in [-0.1, -0.05) is 39.0 Å². The number of halogens is 1. The number of urea groups is 1. The van der Waals surface area contributed by atoms with Crippen molar-refractivity contribution in [2.75, 3.05) is 31.1 Å². The molecule has 1 aliphatic heterocycles. The number of benzene rings is 1. The lowest BCUT2D eigenvalue weighted by Crippen LogP contribution is -2.51. The lowest BCUT2D eigenvalue weighted by Gasteiger charge is -2.36. The molecule has 1 N–H and O–H groups in total. The summed E-state index contributed by atoms with van der Waals surface area (Å²) in [4.78, 5) is 16.4. The highest BCUT2D eigenvalue weighted by atomic mass is 35.5. The summed E-state index contributed by atoms with van der Waals surface area (Å²) in [5.74, 6) is 0. The second-order valence-electron chi connectivity index (χ2n) is 7.34. The van der Waals surface area contributed by atoms with Gasteiger partial charge in [0.05, 0.1) is 0 Å². The molecular weight excluding hydrogens is 322 g/mol. The van der Waals surface area contributed by atoms with Crippen LogP contribution in [-0.4, -0.2) is 37.1 Å². The fourth-order valence-corrected chi connectivity index (χ4v) is 2.68. The van der Waals surface area contributed by atoms with Crippen molar-refractivity contribution in [3.63, 3.8) is 0 Å². The Balaban J connectivity index is 0.00000288. The predicted molar refractivity (Wildman–Crippen MR) is 104 cm³/mol. The van der Waals surface area contributed by atoms with E-state index in [1.165, 1.54) is 16.8 Å². The van der Waals surface area contributed by atoms with E-state index in [4.69, 9.17) is 0 Å². The number of hydrogen-bond acceptors (Lipinski definition) is 2. The van der Waals surface area contributed by atoms with Crippen LogP contribution in [0.5, 0.6) is 0 Å². The lowest BCUT2D eigenvalue weighted by molar-refractivity contribution is 0.198. The van der Waals surface area contributed by atoms with Gasteiger partial charge in [0.1, 0.15) is 0 Å². The third kappa shape index (κ3) is 5.45. The zero-order valence-corrected chi connectivity index (χ0v) is 16.2. The molecule has 134 valence electrons. The van der Waals surface area contributed by atoms with Gasteiger partial charge in [0, 0.05) is 38.1 Å². The molecule has 2 amide bonds.